The molecule has 24 heavy (non-hydrogen) atoms. The van der Waals surface area contributed by atoms with Crippen LogP contribution in [0.3, 0.4) is 0 Å². The minimum Gasteiger partial charge on any atom is -0.352 e. The first kappa shape index (κ1) is 19.2. The van der Waals surface area contributed by atoms with Gasteiger partial charge in [-0.25, -0.2) is 8.42 Å². The standard InChI is InChI=1S/C16H24ClN3O3S/c1-19-9-7-15(8-10-19)18-16(21)12-20(24(2,22)23)11-13-3-5-14(17)6-4-13/h3-6,15H,7-12H2,1-2H3,(H,18,21). The van der Waals surface area contributed by atoms with Crippen LogP contribution < -0.4 is 5.32 Å². The highest BCUT2D eigenvalue weighted by molar-refractivity contribution is 7.88. The van der Waals surface area contributed by atoms with Gasteiger partial charge in [0.05, 0.1) is 12.8 Å². The van der Waals surface area contributed by atoms with Crippen molar-refractivity contribution in [2.24, 2.45) is 0 Å². The third kappa shape index (κ3) is 6.05. The molecule has 0 radical (unpaired) electrons. The molecule has 0 aliphatic carbocycles. The van der Waals surface area contributed by atoms with Crippen LogP contribution in [0, 0.1) is 0 Å². The average molecular weight is 374 g/mol. The first-order chi connectivity index (χ1) is 11.2. The molecule has 0 saturated carbocycles. The monoisotopic (exact) mass is 373 g/mol. The van der Waals surface area contributed by atoms with E-state index >= 15 is 0 Å². The summed E-state index contributed by atoms with van der Waals surface area (Å²) in [5, 5.41) is 3.53. The van der Waals surface area contributed by atoms with E-state index in [2.05, 4.69) is 17.3 Å². The maximum atomic E-state index is 12.2. The van der Waals surface area contributed by atoms with Crippen LogP contribution in [0.4, 0.5) is 0 Å². The highest BCUT2D eigenvalue weighted by atomic mass is 35.5. The molecule has 0 atom stereocenters. The summed E-state index contributed by atoms with van der Waals surface area (Å²) in [6.45, 7) is 1.85. The molecular formula is C16H24ClN3O3S. The number of benzene rings is 1. The van der Waals surface area contributed by atoms with Crippen LogP contribution in [0.5, 0.6) is 0 Å². The summed E-state index contributed by atoms with van der Waals surface area (Å²) in [7, 11) is -1.44. The maximum absolute atomic E-state index is 12.2. The number of hydrogen-bond acceptors (Lipinski definition) is 4. The van der Waals surface area contributed by atoms with Gasteiger partial charge in [-0.1, -0.05) is 23.7 Å². The minimum absolute atomic E-state index is 0.116. The van der Waals surface area contributed by atoms with Crippen molar-refractivity contribution in [3.8, 4) is 0 Å². The minimum atomic E-state index is -3.49. The van der Waals surface area contributed by atoms with Gasteiger partial charge >= 0.3 is 0 Å². The Morgan fingerprint density at radius 3 is 2.42 bits per heavy atom. The van der Waals surface area contributed by atoms with Gasteiger partial charge in [0.25, 0.3) is 0 Å². The van der Waals surface area contributed by atoms with Gasteiger partial charge in [-0.3, -0.25) is 4.79 Å². The van der Waals surface area contributed by atoms with Gasteiger partial charge in [0.1, 0.15) is 0 Å². The zero-order valence-electron chi connectivity index (χ0n) is 14.0. The molecule has 6 nitrogen and oxygen atoms in total. The van der Waals surface area contributed by atoms with E-state index in [1.165, 1.54) is 4.31 Å². The van der Waals surface area contributed by atoms with Crippen molar-refractivity contribution < 1.29 is 13.2 Å². The van der Waals surface area contributed by atoms with Crippen LogP contribution in [-0.4, -0.2) is 62.5 Å². The molecule has 1 aromatic carbocycles. The van der Waals surface area contributed by atoms with E-state index in [1.54, 1.807) is 24.3 Å². The Hall–Kier alpha value is -1.15. The molecule has 1 heterocycles. The Morgan fingerprint density at radius 2 is 1.88 bits per heavy atom. The molecule has 1 aromatic rings. The lowest BCUT2D eigenvalue weighted by Gasteiger charge is -2.30. The molecule has 8 heteroatoms. The number of hydrogen-bond donors (Lipinski definition) is 1. The number of nitrogens with zero attached hydrogens (tertiary/aromatic N) is 2. The first-order valence-corrected chi connectivity index (χ1v) is 10.1. The number of rotatable bonds is 6. The summed E-state index contributed by atoms with van der Waals surface area (Å²) in [6, 6.07) is 7.04. The first-order valence-electron chi connectivity index (χ1n) is 7.91. The van der Waals surface area contributed by atoms with E-state index in [4.69, 9.17) is 11.6 Å². The van der Waals surface area contributed by atoms with Crippen molar-refractivity contribution in [1.29, 1.82) is 0 Å². The van der Waals surface area contributed by atoms with Crippen molar-refractivity contribution in [3.63, 3.8) is 0 Å². The van der Waals surface area contributed by atoms with Crippen molar-refractivity contribution in [1.82, 2.24) is 14.5 Å². The molecule has 1 fully saturated rings. The number of likely N-dealkylation sites (tertiary alicyclic amines) is 1. The summed E-state index contributed by atoms with van der Waals surface area (Å²) < 4.78 is 25.2. The smallest absolute Gasteiger partial charge is 0.235 e. The summed E-state index contributed by atoms with van der Waals surface area (Å²) in [5.74, 6) is -0.260. The largest absolute Gasteiger partial charge is 0.352 e. The van der Waals surface area contributed by atoms with Crippen LogP contribution in [-0.2, 0) is 21.4 Å². The Bertz CT molecular complexity index is 656. The number of sulfonamides is 1. The number of carbonyl (C=O) groups excluding carboxylic acids is 1. The third-order valence-corrected chi connectivity index (χ3v) is 5.59. The van der Waals surface area contributed by atoms with E-state index in [0.717, 1.165) is 37.8 Å². The molecule has 134 valence electrons. The van der Waals surface area contributed by atoms with Crippen molar-refractivity contribution >= 4 is 27.5 Å². The fourth-order valence-electron chi connectivity index (χ4n) is 2.67. The number of piperidine rings is 1. The van der Waals surface area contributed by atoms with Crippen LogP contribution in [0.25, 0.3) is 0 Å². The second-order valence-electron chi connectivity index (χ2n) is 6.30. The zero-order valence-corrected chi connectivity index (χ0v) is 15.6. The number of nitrogens with one attached hydrogen (secondary N) is 1. The highest BCUT2D eigenvalue weighted by Crippen LogP contribution is 2.13. The second-order valence-corrected chi connectivity index (χ2v) is 8.72. The normalized spacial score (nSPS) is 17.2. The molecular weight excluding hydrogens is 350 g/mol. The van der Waals surface area contributed by atoms with E-state index < -0.39 is 10.0 Å². The highest BCUT2D eigenvalue weighted by Gasteiger charge is 2.23. The Labute approximate surface area is 148 Å². The zero-order chi connectivity index (χ0) is 17.7. The predicted molar refractivity (Wildman–Crippen MR) is 95.4 cm³/mol. The van der Waals surface area contributed by atoms with Gasteiger partial charge < -0.3 is 10.2 Å². The number of halogens is 1. The van der Waals surface area contributed by atoms with Gasteiger partial charge in [-0.05, 0) is 50.7 Å². The predicted octanol–water partition coefficient (Wildman–Crippen LogP) is 1.31. The molecule has 1 aliphatic rings. The van der Waals surface area contributed by atoms with Gasteiger partial charge in [-0.15, -0.1) is 0 Å². The second kappa shape index (κ2) is 8.29. The van der Waals surface area contributed by atoms with E-state index in [1.807, 2.05) is 0 Å². The molecule has 1 N–H and O–H groups in total. The van der Waals surface area contributed by atoms with Crippen LogP contribution >= 0.6 is 11.6 Å². The van der Waals surface area contributed by atoms with Gasteiger partial charge in [-0.2, -0.15) is 4.31 Å². The molecule has 0 spiro atoms. The van der Waals surface area contributed by atoms with Crippen molar-refractivity contribution in [2.45, 2.75) is 25.4 Å². The molecule has 0 aromatic heterocycles. The average Bonchev–Trinajstić information content (AvgIpc) is 2.50. The van der Waals surface area contributed by atoms with Crippen LogP contribution in [0.2, 0.25) is 5.02 Å². The summed E-state index contributed by atoms with van der Waals surface area (Å²) >= 11 is 5.84. The molecule has 1 saturated heterocycles. The van der Waals surface area contributed by atoms with E-state index in [-0.39, 0.29) is 25.0 Å². The maximum Gasteiger partial charge on any atom is 0.235 e. The van der Waals surface area contributed by atoms with Gasteiger partial charge in [0.15, 0.2) is 0 Å². The summed E-state index contributed by atoms with van der Waals surface area (Å²) in [5.41, 5.74) is 0.789. The molecule has 2 rings (SSSR count). The summed E-state index contributed by atoms with van der Waals surface area (Å²) in [4.78, 5) is 14.5. The van der Waals surface area contributed by atoms with Crippen LogP contribution in [0.1, 0.15) is 18.4 Å². The fourth-order valence-corrected chi connectivity index (χ4v) is 3.53. The topological polar surface area (TPSA) is 69.7 Å². The number of carbonyl (C=O) groups is 1. The molecule has 0 bridgehead atoms. The van der Waals surface area contributed by atoms with Gasteiger partial charge in [0.2, 0.25) is 15.9 Å². The summed E-state index contributed by atoms with van der Waals surface area (Å²) in [6.07, 6.45) is 2.89. The van der Waals surface area contributed by atoms with Crippen LogP contribution in [0.15, 0.2) is 24.3 Å². The molecule has 0 unspecified atom stereocenters. The lowest BCUT2D eigenvalue weighted by atomic mass is 10.1. The Balaban J connectivity index is 1.95. The molecule has 1 aliphatic heterocycles. The molecule has 1 amide bonds. The SMILES string of the molecule is CN1CCC(NC(=O)CN(Cc2ccc(Cl)cc2)S(C)(=O)=O)CC1. The Morgan fingerprint density at radius 1 is 1.29 bits per heavy atom. The lowest BCUT2D eigenvalue weighted by Crippen LogP contribution is -2.47. The van der Waals surface area contributed by atoms with E-state index in [0.29, 0.717) is 5.02 Å². The van der Waals surface area contributed by atoms with Crippen molar-refractivity contribution in [2.75, 3.05) is 32.9 Å². The number of amides is 1. The Kier molecular flexibility index (Phi) is 6.62. The third-order valence-electron chi connectivity index (χ3n) is 4.14. The van der Waals surface area contributed by atoms with Gasteiger partial charge in [0, 0.05) is 17.6 Å². The quantitative estimate of drug-likeness (QED) is 0.816. The van der Waals surface area contributed by atoms with Crippen molar-refractivity contribution in [3.05, 3.63) is 34.9 Å². The lowest BCUT2D eigenvalue weighted by molar-refractivity contribution is -0.122. The fraction of sp³-hybridized carbons (Fsp3) is 0.562. The van der Waals surface area contributed by atoms with E-state index in [9.17, 15) is 13.2 Å².